The molecule has 0 aromatic carbocycles. The van der Waals surface area contributed by atoms with E-state index in [-0.39, 0.29) is 11.9 Å². The molecular formula is C21H29N7O2. The van der Waals surface area contributed by atoms with Crippen LogP contribution in [0.25, 0.3) is 0 Å². The van der Waals surface area contributed by atoms with Gasteiger partial charge < -0.3 is 25.2 Å². The van der Waals surface area contributed by atoms with Crippen LogP contribution < -0.4 is 20.4 Å². The Hall–Kier alpha value is -3.10. The summed E-state index contributed by atoms with van der Waals surface area (Å²) in [5, 5.41) is 0. The first kappa shape index (κ1) is 20.2. The van der Waals surface area contributed by atoms with Crippen LogP contribution in [0, 0.1) is 5.92 Å². The van der Waals surface area contributed by atoms with Gasteiger partial charge in [-0.15, -0.1) is 0 Å². The summed E-state index contributed by atoms with van der Waals surface area (Å²) in [4.78, 5) is 32.0. The van der Waals surface area contributed by atoms with Gasteiger partial charge in [0, 0.05) is 45.5 Å². The van der Waals surface area contributed by atoms with E-state index >= 15 is 0 Å². The highest BCUT2D eigenvalue weighted by atomic mass is 16.5. The number of carbonyl (C=O) groups is 1. The topological polar surface area (TPSA) is 101 Å². The van der Waals surface area contributed by atoms with Gasteiger partial charge in [-0.05, 0) is 31.9 Å². The number of nitrogens with two attached hydrogens (primary N) is 1. The molecule has 9 nitrogen and oxygen atoms in total. The van der Waals surface area contributed by atoms with Crippen molar-refractivity contribution in [2.75, 3.05) is 66.3 Å². The van der Waals surface area contributed by atoms with Gasteiger partial charge in [-0.2, -0.15) is 0 Å². The van der Waals surface area contributed by atoms with Crippen LogP contribution in [0.5, 0.6) is 0 Å². The van der Waals surface area contributed by atoms with E-state index in [4.69, 9.17) is 10.5 Å². The number of ether oxygens (including phenoxy) is 1. The minimum atomic E-state index is -0.0979. The number of anilines is 4. The smallest absolute Gasteiger partial charge is 0.309 e. The molecule has 2 aromatic rings. The van der Waals surface area contributed by atoms with Gasteiger partial charge in [0.15, 0.2) is 11.6 Å². The van der Waals surface area contributed by atoms with Gasteiger partial charge >= 0.3 is 5.97 Å². The maximum absolute atomic E-state index is 12.0. The molecule has 160 valence electrons. The number of carbonyl (C=O) groups excluding carboxylic acids is 1. The van der Waals surface area contributed by atoms with Crippen molar-refractivity contribution in [3.8, 4) is 0 Å². The number of rotatable bonds is 5. The van der Waals surface area contributed by atoms with E-state index in [9.17, 15) is 4.79 Å². The van der Waals surface area contributed by atoms with Gasteiger partial charge in [-0.3, -0.25) is 4.79 Å². The number of hydrogen-bond donors (Lipinski definition) is 1. The second kappa shape index (κ2) is 9.15. The molecule has 2 aliphatic heterocycles. The van der Waals surface area contributed by atoms with Crippen LogP contribution in [-0.4, -0.2) is 66.8 Å². The zero-order valence-electron chi connectivity index (χ0n) is 17.4. The number of nitrogens with zero attached hydrogens (tertiary/aromatic N) is 6. The lowest BCUT2D eigenvalue weighted by Crippen LogP contribution is -2.47. The van der Waals surface area contributed by atoms with Gasteiger partial charge in [0.2, 0.25) is 0 Å². The van der Waals surface area contributed by atoms with Crippen molar-refractivity contribution in [2.24, 2.45) is 5.92 Å². The Morgan fingerprint density at radius 2 is 1.63 bits per heavy atom. The first-order valence-electron chi connectivity index (χ1n) is 10.6. The van der Waals surface area contributed by atoms with Crippen molar-refractivity contribution in [3.63, 3.8) is 0 Å². The number of pyridine rings is 1. The Balaban J connectivity index is 1.40. The summed E-state index contributed by atoms with van der Waals surface area (Å²) in [6.07, 6.45) is 4.91. The Bertz CT molecular complexity index is 848. The molecule has 2 N–H and O–H groups in total. The Morgan fingerprint density at radius 1 is 1.00 bits per heavy atom. The van der Waals surface area contributed by atoms with Crippen LogP contribution in [0.1, 0.15) is 19.8 Å². The summed E-state index contributed by atoms with van der Waals surface area (Å²) in [5.74, 6) is 2.41. The Labute approximate surface area is 176 Å². The molecule has 0 aliphatic carbocycles. The second-order valence-electron chi connectivity index (χ2n) is 7.61. The molecule has 2 fully saturated rings. The Morgan fingerprint density at radius 3 is 2.23 bits per heavy atom. The van der Waals surface area contributed by atoms with E-state index in [0.29, 0.717) is 12.3 Å². The van der Waals surface area contributed by atoms with Crippen molar-refractivity contribution >= 4 is 29.1 Å². The lowest BCUT2D eigenvalue weighted by Gasteiger charge is -2.37. The van der Waals surface area contributed by atoms with Crippen LogP contribution in [0.2, 0.25) is 0 Å². The third-order valence-corrected chi connectivity index (χ3v) is 5.81. The third-order valence-electron chi connectivity index (χ3n) is 5.81. The molecule has 4 heterocycles. The molecule has 2 aliphatic rings. The number of aromatic nitrogens is 3. The molecule has 2 saturated heterocycles. The second-order valence-corrected chi connectivity index (χ2v) is 7.61. The predicted molar refractivity (Wildman–Crippen MR) is 117 cm³/mol. The normalized spacial score (nSPS) is 17.8. The lowest BCUT2D eigenvalue weighted by atomic mass is 9.97. The van der Waals surface area contributed by atoms with E-state index in [0.717, 1.165) is 69.6 Å². The summed E-state index contributed by atoms with van der Waals surface area (Å²) < 4.78 is 5.16. The zero-order chi connectivity index (χ0) is 20.9. The molecule has 0 amide bonds. The monoisotopic (exact) mass is 411 g/mol. The fourth-order valence-corrected chi connectivity index (χ4v) is 4.16. The average Bonchev–Trinajstić information content (AvgIpc) is 2.80. The summed E-state index contributed by atoms with van der Waals surface area (Å²) in [7, 11) is 0. The molecule has 0 atom stereocenters. The standard InChI is InChI=1S/C21H29N7O2/c1-2-30-21(29)16-6-9-27(10-7-16)19-18(22)20(25-15-24-19)28-13-11-26(12-14-28)17-5-3-4-8-23-17/h3-5,8,15-16H,2,6-7,9-14,22H2,1H3. The van der Waals surface area contributed by atoms with E-state index in [2.05, 4.69) is 29.7 Å². The third kappa shape index (κ3) is 4.24. The summed E-state index contributed by atoms with van der Waals surface area (Å²) in [6, 6.07) is 5.97. The van der Waals surface area contributed by atoms with Gasteiger partial charge in [-0.1, -0.05) is 6.07 Å². The molecule has 0 bridgehead atoms. The van der Waals surface area contributed by atoms with Gasteiger partial charge in [-0.25, -0.2) is 15.0 Å². The minimum Gasteiger partial charge on any atom is -0.466 e. The summed E-state index contributed by atoms with van der Waals surface area (Å²) in [6.45, 7) is 7.10. The van der Waals surface area contributed by atoms with Crippen molar-refractivity contribution in [2.45, 2.75) is 19.8 Å². The number of esters is 1. The van der Waals surface area contributed by atoms with Crippen molar-refractivity contribution in [3.05, 3.63) is 30.7 Å². The molecule has 30 heavy (non-hydrogen) atoms. The lowest BCUT2D eigenvalue weighted by molar-refractivity contribution is -0.148. The van der Waals surface area contributed by atoms with E-state index < -0.39 is 0 Å². The quantitative estimate of drug-likeness (QED) is 0.735. The fraction of sp³-hybridized carbons (Fsp3) is 0.524. The van der Waals surface area contributed by atoms with E-state index in [1.807, 2.05) is 31.3 Å². The van der Waals surface area contributed by atoms with Gasteiger partial charge in [0.1, 0.15) is 17.8 Å². The van der Waals surface area contributed by atoms with E-state index in [1.54, 1.807) is 6.33 Å². The maximum Gasteiger partial charge on any atom is 0.309 e. The van der Waals surface area contributed by atoms with Crippen molar-refractivity contribution in [1.82, 2.24) is 15.0 Å². The van der Waals surface area contributed by atoms with Crippen LogP contribution in [-0.2, 0) is 9.53 Å². The molecule has 0 unspecified atom stereocenters. The summed E-state index contributed by atoms with van der Waals surface area (Å²) in [5.41, 5.74) is 7.12. The van der Waals surface area contributed by atoms with Crippen molar-refractivity contribution in [1.29, 1.82) is 0 Å². The van der Waals surface area contributed by atoms with Crippen LogP contribution in [0.4, 0.5) is 23.1 Å². The molecule has 0 spiro atoms. The first-order valence-corrected chi connectivity index (χ1v) is 10.6. The molecule has 0 radical (unpaired) electrons. The number of piperidine rings is 1. The first-order chi connectivity index (χ1) is 14.7. The maximum atomic E-state index is 12.0. The highest BCUT2D eigenvalue weighted by Crippen LogP contribution is 2.32. The molecule has 9 heteroatoms. The minimum absolute atomic E-state index is 0.0385. The largest absolute Gasteiger partial charge is 0.466 e. The van der Waals surface area contributed by atoms with Gasteiger partial charge in [0.25, 0.3) is 0 Å². The van der Waals surface area contributed by atoms with Crippen LogP contribution in [0.3, 0.4) is 0 Å². The number of hydrogen-bond acceptors (Lipinski definition) is 9. The zero-order valence-corrected chi connectivity index (χ0v) is 17.4. The van der Waals surface area contributed by atoms with Gasteiger partial charge in [0.05, 0.1) is 12.5 Å². The molecular weight excluding hydrogens is 382 g/mol. The predicted octanol–water partition coefficient (Wildman–Crippen LogP) is 1.56. The van der Waals surface area contributed by atoms with Crippen LogP contribution in [0.15, 0.2) is 30.7 Å². The fourth-order valence-electron chi connectivity index (χ4n) is 4.16. The number of piperazine rings is 1. The molecule has 2 aromatic heterocycles. The van der Waals surface area contributed by atoms with Crippen molar-refractivity contribution < 1.29 is 9.53 Å². The Kier molecular flexibility index (Phi) is 6.15. The highest BCUT2D eigenvalue weighted by molar-refractivity contribution is 5.77. The number of nitrogen functional groups attached to an aromatic ring is 1. The SMILES string of the molecule is CCOC(=O)C1CCN(c2ncnc(N3CCN(c4ccccn4)CC3)c2N)CC1. The van der Waals surface area contributed by atoms with E-state index in [1.165, 1.54) is 0 Å². The molecule has 0 saturated carbocycles. The summed E-state index contributed by atoms with van der Waals surface area (Å²) >= 11 is 0. The van der Waals surface area contributed by atoms with Crippen LogP contribution >= 0.6 is 0 Å². The highest BCUT2D eigenvalue weighted by Gasteiger charge is 2.29. The average molecular weight is 412 g/mol. The molecule has 4 rings (SSSR count).